The van der Waals surface area contributed by atoms with Gasteiger partial charge in [-0.25, -0.2) is 12.8 Å². The first kappa shape index (κ1) is 22.4. The average Bonchev–Trinajstić information content (AvgIpc) is 2.96. The lowest BCUT2D eigenvalue weighted by Crippen LogP contribution is -2.41. The van der Waals surface area contributed by atoms with Crippen LogP contribution in [-0.2, 0) is 29.8 Å². The molecule has 0 aliphatic carbocycles. The van der Waals surface area contributed by atoms with Crippen LogP contribution < -0.4 is 10.2 Å². The molecule has 2 heterocycles. The van der Waals surface area contributed by atoms with Crippen LogP contribution in [0.5, 0.6) is 0 Å². The number of nitrogens with one attached hydrogen (secondary N) is 1. The number of ether oxygens (including phenoxy) is 1. The highest BCUT2D eigenvalue weighted by atomic mass is 32.2. The van der Waals surface area contributed by atoms with Gasteiger partial charge in [-0.3, -0.25) is 9.59 Å². The van der Waals surface area contributed by atoms with Gasteiger partial charge < -0.3 is 15.0 Å². The Labute approximate surface area is 186 Å². The Morgan fingerprint density at radius 1 is 1.12 bits per heavy atom. The third kappa shape index (κ3) is 4.01. The first-order chi connectivity index (χ1) is 15.1. The fourth-order valence-electron chi connectivity index (χ4n) is 3.94. The van der Waals surface area contributed by atoms with Crippen molar-refractivity contribution in [3.8, 4) is 0 Å². The van der Waals surface area contributed by atoms with E-state index in [1.807, 2.05) is 0 Å². The van der Waals surface area contributed by atoms with E-state index in [9.17, 15) is 22.4 Å². The van der Waals surface area contributed by atoms with E-state index < -0.39 is 27.2 Å². The maximum atomic E-state index is 13.1. The number of anilines is 2. The number of rotatable bonds is 5. The van der Waals surface area contributed by atoms with Gasteiger partial charge in [0.05, 0.1) is 23.5 Å². The largest absolute Gasteiger partial charge is 0.379 e. The van der Waals surface area contributed by atoms with Crippen LogP contribution in [0.4, 0.5) is 15.8 Å². The lowest BCUT2D eigenvalue weighted by Gasteiger charge is -2.26. The zero-order valence-electron chi connectivity index (χ0n) is 17.8. The van der Waals surface area contributed by atoms with Gasteiger partial charge in [0.2, 0.25) is 21.8 Å². The SMILES string of the molecule is CC1(C)C(=O)N(CC(=O)Nc2ccc(F)cc2)c2ccc(S(=O)(=O)N3CCOCC3)cc21. The summed E-state index contributed by atoms with van der Waals surface area (Å²) in [5.74, 6) is -1.17. The molecule has 1 fully saturated rings. The molecule has 0 spiro atoms. The molecular weight excluding hydrogens is 437 g/mol. The normalized spacial score (nSPS) is 18.5. The second kappa shape index (κ2) is 8.27. The lowest BCUT2D eigenvalue weighted by atomic mass is 9.86. The zero-order valence-corrected chi connectivity index (χ0v) is 18.6. The van der Waals surface area contributed by atoms with Gasteiger partial charge in [0.25, 0.3) is 0 Å². The summed E-state index contributed by atoms with van der Waals surface area (Å²) >= 11 is 0. The topological polar surface area (TPSA) is 96.0 Å². The molecule has 0 unspecified atom stereocenters. The van der Waals surface area contributed by atoms with Crippen molar-refractivity contribution in [1.82, 2.24) is 4.31 Å². The number of morpholine rings is 1. The molecule has 0 atom stereocenters. The Kier molecular flexibility index (Phi) is 5.78. The number of carbonyl (C=O) groups is 2. The second-order valence-corrected chi connectivity index (χ2v) is 10.2. The Morgan fingerprint density at radius 2 is 1.78 bits per heavy atom. The molecule has 2 aromatic carbocycles. The van der Waals surface area contributed by atoms with Crippen LogP contribution in [0.3, 0.4) is 0 Å². The number of carbonyl (C=O) groups excluding carboxylic acids is 2. The van der Waals surface area contributed by atoms with Crippen LogP contribution in [-0.4, -0.2) is 57.4 Å². The summed E-state index contributed by atoms with van der Waals surface area (Å²) in [6.45, 7) is 4.39. The molecule has 1 N–H and O–H groups in total. The number of hydrogen-bond donors (Lipinski definition) is 1. The minimum atomic E-state index is -3.72. The van der Waals surface area contributed by atoms with Gasteiger partial charge in [0, 0.05) is 24.5 Å². The molecule has 0 aromatic heterocycles. The van der Waals surface area contributed by atoms with Crippen molar-refractivity contribution in [2.24, 2.45) is 0 Å². The molecule has 0 radical (unpaired) electrons. The third-order valence-corrected chi connectivity index (χ3v) is 7.64. The van der Waals surface area contributed by atoms with Crippen LogP contribution >= 0.6 is 0 Å². The zero-order chi connectivity index (χ0) is 23.1. The number of benzene rings is 2. The van der Waals surface area contributed by atoms with Crippen LogP contribution in [0.1, 0.15) is 19.4 Å². The summed E-state index contributed by atoms with van der Waals surface area (Å²) in [6, 6.07) is 9.87. The molecule has 4 rings (SSSR count). The summed E-state index contributed by atoms with van der Waals surface area (Å²) in [5, 5.41) is 2.64. The summed E-state index contributed by atoms with van der Waals surface area (Å²) < 4.78 is 45.8. The van der Waals surface area contributed by atoms with Crippen LogP contribution in [0.25, 0.3) is 0 Å². The molecule has 8 nitrogen and oxygen atoms in total. The first-order valence-corrected chi connectivity index (χ1v) is 11.6. The minimum Gasteiger partial charge on any atom is -0.379 e. The lowest BCUT2D eigenvalue weighted by molar-refractivity contribution is -0.124. The number of fused-ring (bicyclic) bond motifs is 1. The highest BCUT2D eigenvalue weighted by molar-refractivity contribution is 7.89. The molecule has 1 saturated heterocycles. The Balaban J connectivity index is 1.59. The van der Waals surface area contributed by atoms with E-state index >= 15 is 0 Å². The highest BCUT2D eigenvalue weighted by Crippen LogP contribution is 2.42. The fourth-order valence-corrected chi connectivity index (χ4v) is 5.38. The number of sulfonamides is 1. The maximum absolute atomic E-state index is 13.1. The summed E-state index contributed by atoms with van der Waals surface area (Å²) in [7, 11) is -3.72. The number of halogens is 1. The van der Waals surface area contributed by atoms with Crippen molar-refractivity contribution in [1.29, 1.82) is 0 Å². The van der Waals surface area contributed by atoms with E-state index in [2.05, 4.69) is 5.32 Å². The fraction of sp³-hybridized carbons (Fsp3) is 0.364. The van der Waals surface area contributed by atoms with Crippen molar-refractivity contribution in [2.75, 3.05) is 43.1 Å². The maximum Gasteiger partial charge on any atom is 0.244 e. The molecule has 2 aromatic rings. The first-order valence-electron chi connectivity index (χ1n) is 10.2. The van der Waals surface area contributed by atoms with Gasteiger partial charge in [0.15, 0.2) is 0 Å². The molecule has 0 saturated carbocycles. The van der Waals surface area contributed by atoms with Crippen molar-refractivity contribution in [3.05, 3.63) is 53.8 Å². The van der Waals surface area contributed by atoms with Gasteiger partial charge >= 0.3 is 0 Å². The molecule has 2 aliphatic rings. The molecule has 170 valence electrons. The standard InChI is InChI=1S/C22H24FN3O5S/c1-22(2)18-13-17(32(29,30)25-9-11-31-12-10-25)7-8-19(18)26(21(22)28)14-20(27)24-16-5-3-15(23)4-6-16/h3-8,13H,9-12,14H2,1-2H3,(H,24,27). The number of amides is 2. The highest BCUT2D eigenvalue weighted by Gasteiger charge is 2.45. The molecule has 10 heteroatoms. The van der Waals surface area contributed by atoms with E-state index in [4.69, 9.17) is 4.74 Å². The van der Waals surface area contributed by atoms with Gasteiger partial charge in [-0.2, -0.15) is 4.31 Å². The molecule has 2 aliphatic heterocycles. The van der Waals surface area contributed by atoms with Gasteiger partial charge in [0.1, 0.15) is 12.4 Å². The number of hydrogen-bond acceptors (Lipinski definition) is 5. The molecular formula is C22H24FN3O5S. The molecule has 32 heavy (non-hydrogen) atoms. The summed E-state index contributed by atoms with van der Waals surface area (Å²) in [5.41, 5.74) is 0.457. The van der Waals surface area contributed by atoms with Gasteiger partial charge in [-0.05, 0) is 61.9 Å². The Hall–Kier alpha value is -2.82. The van der Waals surface area contributed by atoms with Crippen molar-refractivity contribution < 1.29 is 27.1 Å². The average molecular weight is 462 g/mol. The summed E-state index contributed by atoms with van der Waals surface area (Å²) in [4.78, 5) is 27.1. The van der Waals surface area contributed by atoms with Gasteiger partial charge in [-0.15, -0.1) is 0 Å². The van der Waals surface area contributed by atoms with E-state index in [1.165, 1.54) is 45.6 Å². The summed E-state index contributed by atoms with van der Waals surface area (Å²) in [6.07, 6.45) is 0. The van der Waals surface area contributed by atoms with Crippen LogP contribution in [0.15, 0.2) is 47.4 Å². The smallest absolute Gasteiger partial charge is 0.244 e. The second-order valence-electron chi connectivity index (χ2n) is 8.27. The minimum absolute atomic E-state index is 0.108. The molecule has 0 bridgehead atoms. The van der Waals surface area contributed by atoms with E-state index in [0.29, 0.717) is 30.2 Å². The monoisotopic (exact) mass is 461 g/mol. The molecule has 2 amide bonds. The van der Waals surface area contributed by atoms with E-state index in [0.717, 1.165) is 0 Å². The van der Waals surface area contributed by atoms with Gasteiger partial charge in [-0.1, -0.05) is 0 Å². The van der Waals surface area contributed by atoms with E-state index in [-0.39, 0.29) is 30.4 Å². The quantitative estimate of drug-likeness (QED) is 0.736. The van der Waals surface area contributed by atoms with E-state index in [1.54, 1.807) is 19.9 Å². The van der Waals surface area contributed by atoms with Crippen molar-refractivity contribution in [3.63, 3.8) is 0 Å². The Morgan fingerprint density at radius 3 is 2.44 bits per heavy atom. The Bertz CT molecular complexity index is 1160. The predicted molar refractivity (Wildman–Crippen MR) is 116 cm³/mol. The van der Waals surface area contributed by atoms with Crippen LogP contribution in [0.2, 0.25) is 0 Å². The van der Waals surface area contributed by atoms with Crippen molar-refractivity contribution >= 4 is 33.2 Å². The van der Waals surface area contributed by atoms with Crippen molar-refractivity contribution in [2.45, 2.75) is 24.2 Å². The van der Waals surface area contributed by atoms with Crippen LogP contribution in [0, 0.1) is 5.82 Å². The predicted octanol–water partition coefficient (Wildman–Crippen LogP) is 2.11. The number of nitrogens with zero attached hydrogens (tertiary/aromatic N) is 2. The third-order valence-electron chi connectivity index (χ3n) is 5.75.